The van der Waals surface area contributed by atoms with Crippen LogP contribution in [0.15, 0.2) is 18.2 Å². The normalized spacial score (nSPS) is 22.6. The van der Waals surface area contributed by atoms with Crippen molar-refractivity contribution in [3.63, 3.8) is 0 Å². The quantitative estimate of drug-likeness (QED) is 0.814. The molecule has 0 radical (unpaired) electrons. The van der Waals surface area contributed by atoms with Crippen molar-refractivity contribution in [3.05, 3.63) is 23.4 Å². The summed E-state index contributed by atoms with van der Waals surface area (Å²) in [4.78, 5) is 20.9. The molecule has 0 aliphatic carbocycles. The van der Waals surface area contributed by atoms with Gasteiger partial charge in [-0.3, -0.25) is 0 Å². The highest BCUT2D eigenvalue weighted by Crippen LogP contribution is 2.19. The Hall–Kier alpha value is -1.53. The molecular weight excluding hydrogens is 326 g/mol. The summed E-state index contributed by atoms with van der Waals surface area (Å²) in [5, 5.41) is 6.64. The van der Waals surface area contributed by atoms with E-state index < -0.39 is 0 Å². The van der Waals surface area contributed by atoms with Crippen LogP contribution in [0.4, 0.5) is 10.6 Å². The van der Waals surface area contributed by atoms with Gasteiger partial charge in [0.25, 0.3) is 0 Å². The zero-order valence-corrected chi connectivity index (χ0v) is 14.9. The summed E-state index contributed by atoms with van der Waals surface area (Å²) in [6, 6.07) is 5.87. The summed E-state index contributed by atoms with van der Waals surface area (Å²) >= 11 is 5.95. The molecule has 2 N–H and O–H groups in total. The van der Waals surface area contributed by atoms with Crippen LogP contribution in [0.5, 0.6) is 0 Å². The van der Waals surface area contributed by atoms with Gasteiger partial charge in [0.15, 0.2) is 0 Å². The molecule has 2 saturated heterocycles. The summed E-state index contributed by atoms with van der Waals surface area (Å²) in [6.45, 7) is 4.73. The molecule has 3 heterocycles. The number of piperidine rings is 1. The smallest absolute Gasteiger partial charge is 0.315 e. The molecule has 0 aromatic carbocycles. The predicted molar refractivity (Wildman–Crippen MR) is 96.6 cm³/mol. The Balaban J connectivity index is 1.38. The molecule has 0 bridgehead atoms. The number of halogens is 1. The van der Waals surface area contributed by atoms with Gasteiger partial charge < -0.3 is 20.4 Å². The molecule has 1 aromatic heterocycles. The van der Waals surface area contributed by atoms with E-state index in [0.717, 1.165) is 51.4 Å². The summed E-state index contributed by atoms with van der Waals surface area (Å²) in [7, 11) is 2.13. The molecule has 24 heavy (non-hydrogen) atoms. The first-order chi connectivity index (χ1) is 11.6. The van der Waals surface area contributed by atoms with Crippen LogP contribution in [0, 0.1) is 5.92 Å². The van der Waals surface area contributed by atoms with Crippen molar-refractivity contribution in [3.8, 4) is 0 Å². The minimum Gasteiger partial charge on any atom is -0.356 e. The highest BCUT2D eigenvalue weighted by Gasteiger charge is 2.23. The lowest BCUT2D eigenvalue weighted by molar-refractivity contribution is 0.232. The Bertz CT molecular complexity index is 562. The van der Waals surface area contributed by atoms with Crippen molar-refractivity contribution in [1.29, 1.82) is 0 Å². The highest BCUT2D eigenvalue weighted by atomic mass is 35.5. The van der Waals surface area contributed by atoms with Gasteiger partial charge in [-0.05, 0) is 50.9 Å². The average molecular weight is 352 g/mol. The number of anilines is 1. The summed E-state index contributed by atoms with van der Waals surface area (Å²) in [6.07, 6.45) is 3.02. The average Bonchev–Trinajstić information content (AvgIpc) is 2.99. The molecule has 6 nitrogen and oxygen atoms in total. The maximum absolute atomic E-state index is 12.1. The maximum Gasteiger partial charge on any atom is 0.315 e. The molecule has 3 rings (SSSR count). The summed E-state index contributed by atoms with van der Waals surface area (Å²) < 4.78 is 0. The van der Waals surface area contributed by atoms with E-state index in [4.69, 9.17) is 11.6 Å². The van der Waals surface area contributed by atoms with Crippen molar-refractivity contribution >= 4 is 23.4 Å². The Morgan fingerprint density at radius 3 is 2.75 bits per heavy atom. The second-order valence-corrected chi connectivity index (χ2v) is 7.24. The molecule has 0 saturated carbocycles. The number of nitrogens with one attached hydrogen (secondary N) is 2. The van der Waals surface area contributed by atoms with Crippen LogP contribution in [0.25, 0.3) is 0 Å². The van der Waals surface area contributed by atoms with E-state index in [1.165, 1.54) is 6.42 Å². The van der Waals surface area contributed by atoms with E-state index in [9.17, 15) is 4.79 Å². The van der Waals surface area contributed by atoms with Gasteiger partial charge in [-0.15, -0.1) is 0 Å². The Kier molecular flexibility index (Phi) is 5.79. The van der Waals surface area contributed by atoms with Crippen LogP contribution < -0.4 is 15.5 Å². The molecule has 2 aliphatic rings. The SMILES string of the molecule is CN1CCC(CNC(=O)NC2CCN(c3cccc(Cl)n3)CC2)C1. The molecule has 1 unspecified atom stereocenters. The van der Waals surface area contributed by atoms with Crippen LogP contribution in [0.1, 0.15) is 19.3 Å². The lowest BCUT2D eigenvalue weighted by Crippen LogP contribution is -2.48. The van der Waals surface area contributed by atoms with Gasteiger partial charge in [0.2, 0.25) is 0 Å². The Morgan fingerprint density at radius 1 is 1.29 bits per heavy atom. The first-order valence-electron chi connectivity index (χ1n) is 8.70. The number of carbonyl (C=O) groups excluding carboxylic acids is 1. The predicted octanol–water partition coefficient (Wildman–Crippen LogP) is 1.95. The maximum atomic E-state index is 12.1. The van der Waals surface area contributed by atoms with E-state index in [-0.39, 0.29) is 12.1 Å². The fourth-order valence-corrected chi connectivity index (χ4v) is 3.65. The fraction of sp³-hybridized carbons (Fsp3) is 0.647. The number of amides is 2. The summed E-state index contributed by atoms with van der Waals surface area (Å²) in [5.74, 6) is 1.49. The van der Waals surface area contributed by atoms with Gasteiger partial charge in [-0.25, -0.2) is 9.78 Å². The molecule has 0 spiro atoms. The van der Waals surface area contributed by atoms with Crippen LogP contribution in [0.2, 0.25) is 5.15 Å². The van der Waals surface area contributed by atoms with Crippen molar-refractivity contribution in [2.24, 2.45) is 5.92 Å². The number of hydrogen-bond acceptors (Lipinski definition) is 4. The first kappa shape index (κ1) is 17.3. The topological polar surface area (TPSA) is 60.5 Å². The lowest BCUT2D eigenvalue weighted by Gasteiger charge is -2.33. The van der Waals surface area contributed by atoms with Gasteiger partial charge in [0.1, 0.15) is 11.0 Å². The molecule has 2 amide bonds. The third-order valence-corrected chi connectivity index (χ3v) is 5.11. The number of rotatable bonds is 4. The minimum atomic E-state index is -0.0381. The van der Waals surface area contributed by atoms with E-state index >= 15 is 0 Å². The first-order valence-corrected chi connectivity index (χ1v) is 9.08. The van der Waals surface area contributed by atoms with Gasteiger partial charge in [0.05, 0.1) is 0 Å². The molecule has 7 heteroatoms. The van der Waals surface area contributed by atoms with Crippen molar-refractivity contribution in [1.82, 2.24) is 20.5 Å². The monoisotopic (exact) mass is 351 g/mol. The molecule has 2 aliphatic heterocycles. The molecule has 1 aromatic rings. The molecular formula is C17H26ClN5O. The number of urea groups is 1. The Morgan fingerprint density at radius 2 is 2.08 bits per heavy atom. The summed E-state index contributed by atoms with van der Waals surface area (Å²) in [5.41, 5.74) is 0. The van der Waals surface area contributed by atoms with E-state index in [2.05, 4.69) is 32.5 Å². The molecule has 2 fully saturated rings. The van der Waals surface area contributed by atoms with Crippen molar-refractivity contribution in [2.75, 3.05) is 44.7 Å². The number of pyridine rings is 1. The number of likely N-dealkylation sites (tertiary alicyclic amines) is 1. The number of aromatic nitrogens is 1. The second kappa shape index (κ2) is 8.03. The second-order valence-electron chi connectivity index (χ2n) is 6.85. The highest BCUT2D eigenvalue weighted by molar-refractivity contribution is 6.29. The number of nitrogens with zero attached hydrogens (tertiary/aromatic N) is 3. The third-order valence-electron chi connectivity index (χ3n) is 4.89. The van der Waals surface area contributed by atoms with Crippen LogP contribution >= 0.6 is 11.6 Å². The zero-order chi connectivity index (χ0) is 16.9. The fourth-order valence-electron chi connectivity index (χ4n) is 3.49. The molecule has 1 atom stereocenters. The van der Waals surface area contributed by atoms with Gasteiger partial charge in [0, 0.05) is 32.2 Å². The number of carbonyl (C=O) groups is 1. The van der Waals surface area contributed by atoms with Gasteiger partial charge in [-0.1, -0.05) is 17.7 Å². The van der Waals surface area contributed by atoms with E-state index in [0.29, 0.717) is 11.1 Å². The number of hydrogen-bond donors (Lipinski definition) is 2. The van der Waals surface area contributed by atoms with Crippen LogP contribution in [0.3, 0.4) is 0 Å². The van der Waals surface area contributed by atoms with E-state index in [1.54, 1.807) is 6.07 Å². The lowest BCUT2D eigenvalue weighted by atomic mass is 10.1. The third kappa shape index (κ3) is 4.74. The van der Waals surface area contributed by atoms with Crippen LogP contribution in [-0.2, 0) is 0 Å². The van der Waals surface area contributed by atoms with Gasteiger partial charge >= 0.3 is 6.03 Å². The Labute approximate surface area is 148 Å². The van der Waals surface area contributed by atoms with Crippen molar-refractivity contribution in [2.45, 2.75) is 25.3 Å². The van der Waals surface area contributed by atoms with E-state index in [1.807, 2.05) is 12.1 Å². The minimum absolute atomic E-state index is 0.0381. The zero-order valence-electron chi connectivity index (χ0n) is 14.2. The van der Waals surface area contributed by atoms with Crippen LogP contribution in [-0.4, -0.2) is 61.7 Å². The largest absolute Gasteiger partial charge is 0.356 e. The van der Waals surface area contributed by atoms with Gasteiger partial charge in [-0.2, -0.15) is 0 Å². The standard InChI is InChI=1S/C17H26ClN5O/c1-22-8-5-13(12-22)11-19-17(24)20-14-6-9-23(10-7-14)16-4-2-3-15(18)21-16/h2-4,13-14H,5-12H2,1H3,(H2,19,20,24). The van der Waals surface area contributed by atoms with Crippen molar-refractivity contribution < 1.29 is 4.79 Å². The molecule has 132 valence electrons.